The molecule has 0 saturated carbocycles. The van der Waals surface area contributed by atoms with Gasteiger partial charge >= 0.3 is 12.1 Å². The lowest BCUT2D eigenvalue weighted by Crippen LogP contribution is -2.37. The van der Waals surface area contributed by atoms with E-state index >= 15 is 0 Å². The summed E-state index contributed by atoms with van der Waals surface area (Å²) in [6.07, 6.45) is -4.67. The van der Waals surface area contributed by atoms with E-state index in [1.54, 1.807) is 38.1 Å². The second kappa shape index (κ2) is 5.43. The van der Waals surface area contributed by atoms with Crippen molar-refractivity contribution in [3.8, 4) is 11.4 Å². The molecule has 1 N–H and O–H groups in total. The standard InChI is InChI=1S/C14H14F3N3O2/c1-13(2,11(21)18-3)9-6-4-8(5-7-9)10-19-12(22-20-10)14(15,16)17/h4-7H,1-3H3,(H,18,21). The second-order valence-electron chi connectivity index (χ2n) is 5.20. The number of carbonyl (C=O) groups is 1. The molecule has 0 fully saturated rings. The van der Waals surface area contributed by atoms with Crippen LogP contribution in [0.4, 0.5) is 13.2 Å². The number of halogens is 3. The number of rotatable bonds is 3. The summed E-state index contributed by atoms with van der Waals surface area (Å²) in [6.45, 7) is 3.49. The van der Waals surface area contributed by atoms with E-state index < -0.39 is 17.5 Å². The van der Waals surface area contributed by atoms with Crippen LogP contribution in [-0.2, 0) is 16.4 Å². The zero-order valence-corrected chi connectivity index (χ0v) is 12.2. The van der Waals surface area contributed by atoms with E-state index in [4.69, 9.17) is 0 Å². The van der Waals surface area contributed by atoms with E-state index in [9.17, 15) is 18.0 Å². The SMILES string of the molecule is CNC(=O)C(C)(C)c1ccc(-c2noc(C(F)(F)F)n2)cc1. The van der Waals surface area contributed by atoms with Gasteiger partial charge < -0.3 is 9.84 Å². The van der Waals surface area contributed by atoms with Crippen LogP contribution in [0.2, 0.25) is 0 Å². The fourth-order valence-corrected chi connectivity index (χ4v) is 1.94. The minimum atomic E-state index is -4.67. The first kappa shape index (κ1) is 16.0. The summed E-state index contributed by atoms with van der Waals surface area (Å²) in [5, 5.41) is 5.88. The van der Waals surface area contributed by atoms with Gasteiger partial charge in [0, 0.05) is 12.6 Å². The van der Waals surface area contributed by atoms with Crippen LogP contribution in [-0.4, -0.2) is 23.1 Å². The van der Waals surface area contributed by atoms with Crippen molar-refractivity contribution < 1.29 is 22.5 Å². The van der Waals surface area contributed by atoms with Gasteiger partial charge in [0.15, 0.2) is 0 Å². The third-order valence-electron chi connectivity index (χ3n) is 3.33. The number of hydrogen-bond donors (Lipinski definition) is 1. The predicted octanol–water partition coefficient (Wildman–Crippen LogP) is 2.78. The highest BCUT2D eigenvalue weighted by molar-refractivity contribution is 5.87. The molecule has 2 rings (SSSR count). The van der Waals surface area contributed by atoms with Gasteiger partial charge in [-0.25, -0.2) is 0 Å². The van der Waals surface area contributed by atoms with Crippen LogP contribution < -0.4 is 5.32 Å². The molecule has 1 heterocycles. The molecule has 0 atom stereocenters. The number of amides is 1. The summed E-state index contributed by atoms with van der Waals surface area (Å²) in [4.78, 5) is 15.1. The second-order valence-corrected chi connectivity index (χ2v) is 5.20. The Hall–Kier alpha value is -2.38. The molecule has 2 aromatic rings. The normalized spacial score (nSPS) is 12.3. The lowest BCUT2D eigenvalue weighted by atomic mass is 9.83. The Morgan fingerprint density at radius 3 is 2.23 bits per heavy atom. The number of carbonyl (C=O) groups excluding carboxylic acids is 1. The Morgan fingerprint density at radius 2 is 1.77 bits per heavy atom. The molecule has 0 aliphatic carbocycles. The number of likely N-dealkylation sites (N-methyl/N-ethyl adjacent to an activating group) is 1. The fourth-order valence-electron chi connectivity index (χ4n) is 1.94. The fraction of sp³-hybridized carbons (Fsp3) is 0.357. The highest BCUT2D eigenvalue weighted by atomic mass is 19.4. The van der Waals surface area contributed by atoms with Gasteiger partial charge in [-0.05, 0) is 19.4 Å². The van der Waals surface area contributed by atoms with Gasteiger partial charge in [0.25, 0.3) is 0 Å². The first-order chi connectivity index (χ1) is 10.2. The molecule has 1 aromatic heterocycles. The van der Waals surface area contributed by atoms with Crippen LogP contribution in [0.15, 0.2) is 28.8 Å². The summed E-state index contributed by atoms with van der Waals surface area (Å²) < 4.78 is 41.5. The Balaban J connectivity index is 2.30. The quantitative estimate of drug-likeness (QED) is 0.946. The van der Waals surface area contributed by atoms with Crippen LogP contribution in [0.5, 0.6) is 0 Å². The van der Waals surface area contributed by atoms with E-state index in [1.807, 2.05) is 0 Å². The average Bonchev–Trinajstić information content (AvgIpc) is 2.96. The summed E-state index contributed by atoms with van der Waals surface area (Å²) in [6, 6.07) is 6.39. The molecule has 1 aromatic carbocycles. The highest BCUT2D eigenvalue weighted by Crippen LogP contribution is 2.30. The molecule has 8 heteroatoms. The zero-order chi connectivity index (χ0) is 16.5. The van der Waals surface area contributed by atoms with Crippen molar-refractivity contribution >= 4 is 5.91 Å². The molecule has 22 heavy (non-hydrogen) atoms. The van der Waals surface area contributed by atoms with Gasteiger partial charge in [0.1, 0.15) is 0 Å². The molecular weight excluding hydrogens is 299 g/mol. The smallest absolute Gasteiger partial charge is 0.358 e. The summed E-state index contributed by atoms with van der Waals surface area (Å²) in [7, 11) is 1.54. The van der Waals surface area contributed by atoms with Gasteiger partial charge in [0.05, 0.1) is 5.41 Å². The number of hydrogen-bond acceptors (Lipinski definition) is 4. The van der Waals surface area contributed by atoms with Gasteiger partial charge in [0.2, 0.25) is 11.7 Å². The van der Waals surface area contributed by atoms with Crippen molar-refractivity contribution in [1.29, 1.82) is 0 Å². The van der Waals surface area contributed by atoms with Crippen molar-refractivity contribution in [2.75, 3.05) is 7.05 Å². The largest absolute Gasteiger partial charge is 0.471 e. The number of alkyl halides is 3. The van der Waals surface area contributed by atoms with Gasteiger partial charge in [-0.15, -0.1) is 0 Å². The van der Waals surface area contributed by atoms with Crippen molar-refractivity contribution in [2.45, 2.75) is 25.4 Å². The third kappa shape index (κ3) is 2.95. The Morgan fingerprint density at radius 1 is 1.18 bits per heavy atom. The molecule has 0 unspecified atom stereocenters. The zero-order valence-electron chi connectivity index (χ0n) is 12.2. The molecule has 1 amide bonds. The van der Waals surface area contributed by atoms with Gasteiger partial charge in [-0.3, -0.25) is 4.79 Å². The van der Waals surface area contributed by atoms with E-state index in [0.29, 0.717) is 5.56 Å². The topological polar surface area (TPSA) is 68.0 Å². The molecular formula is C14H14F3N3O2. The molecule has 0 aliphatic rings. The number of nitrogens with one attached hydrogen (secondary N) is 1. The van der Waals surface area contributed by atoms with Crippen molar-refractivity contribution in [2.24, 2.45) is 0 Å². The Bertz CT molecular complexity index is 675. The molecule has 0 bridgehead atoms. The highest BCUT2D eigenvalue weighted by Gasteiger charge is 2.38. The molecule has 5 nitrogen and oxygen atoms in total. The average molecular weight is 313 g/mol. The van der Waals surface area contributed by atoms with Gasteiger partial charge in [-0.2, -0.15) is 18.2 Å². The van der Waals surface area contributed by atoms with Crippen molar-refractivity contribution in [1.82, 2.24) is 15.5 Å². The van der Waals surface area contributed by atoms with Crippen LogP contribution in [0.1, 0.15) is 25.3 Å². The number of benzene rings is 1. The van der Waals surface area contributed by atoms with Crippen molar-refractivity contribution in [3.63, 3.8) is 0 Å². The molecule has 0 aliphatic heterocycles. The van der Waals surface area contributed by atoms with Crippen LogP contribution >= 0.6 is 0 Å². The van der Waals surface area contributed by atoms with E-state index in [1.165, 1.54) is 7.05 Å². The first-order valence-electron chi connectivity index (χ1n) is 6.40. The van der Waals surface area contributed by atoms with Crippen LogP contribution in [0.25, 0.3) is 11.4 Å². The Kier molecular flexibility index (Phi) is 3.95. The minimum absolute atomic E-state index is 0.156. The summed E-state index contributed by atoms with van der Waals surface area (Å²) in [5.74, 6) is -1.71. The monoisotopic (exact) mass is 313 g/mol. The summed E-state index contributed by atoms with van der Waals surface area (Å²) in [5.41, 5.74) is 0.327. The molecule has 118 valence electrons. The summed E-state index contributed by atoms with van der Waals surface area (Å²) >= 11 is 0. The maximum Gasteiger partial charge on any atom is 0.471 e. The number of nitrogens with zero attached hydrogens (tertiary/aromatic N) is 2. The minimum Gasteiger partial charge on any atom is -0.358 e. The predicted molar refractivity (Wildman–Crippen MR) is 71.8 cm³/mol. The third-order valence-corrected chi connectivity index (χ3v) is 3.33. The maximum absolute atomic E-state index is 12.4. The molecule has 0 spiro atoms. The molecule has 0 radical (unpaired) electrons. The van der Waals surface area contributed by atoms with E-state index in [-0.39, 0.29) is 11.7 Å². The van der Waals surface area contributed by atoms with Crippen molar-refractivity contribution in [3.05, 3.63) is 35.7 Å². The van der Waals surface area contributed by atoms with Gasteiger partial charge in [-0.1, -0.05) is 29.4 Å². The van der Waals surface area contributed by atoms with Crippen LogP contribution in [0.3, 0.4) is 0 Å². The van der Waals surface area contributed by atoms with E-state index in [2.05, 4.69) is 20.0 Å². The lowest BCUT2D eigenvalue weighted by molar-refractivity contribution is -0.159. The molecule has 0 saturated heterocycles. The maximum atomic E-state index is 12.4. The Labute approximate surface area is 124 Å². The van der Waals surface area contributed by atoms with E-state index in [0.717, 1.165) is 5.56 Å². The van der Waals surface area contributed by atoms with Crippen LogP contribution in [0, 0.1) is 0 Å². The lowest BCUT2D eigenvalue weighted by Gasteiger charge is -2.23. The number of aromatic nitrogens is 2. The first-order valence-corrected chi connectivity index (χ1v) is 6.40.